The molecule has 0 spiro atoms. The number of amides is 1. The number of carbonyl (C=O) groups excluding carboxylic acids is 1. The quantitative estimate of drug-likeness (QED) is 0.597. The summed E-state index contributed by atoms with van der Waals surface area (Å²) in [6.45, 7) is 1.72. The highest BCUT2D eigenvalue weighted by atomic mass is 32.2. The lowest BCUT2D eigenvalue weighted by molar-refractivity contribution is -0.119. The standard InChI is InChI=1S/C22H23N3O3S/c1-14-23-22(25-28-14)21(18-8-3-4-9-19(18)27-2)24-20(26)13-29-17-11-10-15-6-5-7-16(15)12-17/h3-4,8-12,21H,5-7,13H2,1-2H3,(H,24,26). The number of benzene rings is 2. The van der Waals surface area contributed by atoms with Gasteiger partial charge in [-0.2, -0.15) is 4.98 Å². The summed E-state index contributed by atoms with van der Waals surface area (Å²) in [4.78, 5) is 18.2. The van der Waals surface area contributed by atoms with Crippen molar-refractivity contribution in [3.63, 3.8) is 0 Å². The molecule has 3 aromatic rings. The molecule has 1 amide bonds. The first-order valence-electron chi connectivity index (χ1n) is 9.61. The van der Waals surface area contributed by atoms with E-state index in [-0.39, 0.29) is 5.91 Å². The molecule has 1 aliphatic rings. The fourth-order valence-electron chi connectivity index (χ4n) is 3.61. The van der Waals surface area contributed by atoms with Crippen LogP contribution in [0, 0.1) is 6.92 Å². The van der Waals surface area contributed by atoms with Gasteiger partial charge in [-0.3, -0.25) is 4.79 Å². The second-order valence-corrected chi connectivity index (χ2v) is 8.04. The van der Waals surface area contributed by atoms with Gasteiger partial charge in [0.2, 0.25) is 11.8 Å². The molecule has 4 rings (SSSR count). The molecule has 7 heteroatoms. The molecule has 150 valence electrons. The van der Waals surface area contributed by atoms with Crippen molar-refractivity contribution in [1.29, 1.82) is 0 Å². The molecule has 0 saturated heterocycles. The minimum atomic E-state index is -0.545. The van der Waals surface area contributed by atoms with E-state index in [9.17, 15) is 4.79 Å². The predicted octanol–water partition coefficient (Wildman–Crippen LogP) is 3.87. The van der Waals surface area contributed by atoms with Crippen molar-refractivity contribution < 1.29 is 14.1 Å². The van der Waals surface area contributed by atoms with Crippen LogP contribution in [0.4, 0.5) is 0 Å². The van der Waals surface area contributed by atoms with Gasteiger partial charge in [0, 0.05) is 17.4 Å². The maximum Gasteiger partial charge on any atom is 0.231 e. The maximum atomic E-state index is 12.8. The molecule has 0 aliphatic heterocycles. The van der Waals surface area contributed by atoms with Crippen molar-refractivity contribution in [2.75, 3.05) is 12.9 Å². The number of rotatable bonds is 7. The number of nitrogens with zero attached hydrogens (tertiary/aromatic N) is 2. The highest BCUT2D eigenvalue weighted by molar-refractivity contribution is 8.00. The number of nitrogens with one attached hydrogen (secondary N) is 1. The van der Waals surface area contributed by atoms with Gasteiger partial charge in [-0.15, -0.1) is 11.8 Å². The number of methoxy groups -OCH3 is 1. The molecule has 1 aliphatic carbocycles. The van der Waals surface area contributed by atoms with Crippen LogP contribution in [-0.4, -0.2) is 28.9 Å². The fraction of sp³-hybridized carbons (Fsp3) is 0.318. The number of thioether (sulfide) groups is 1. The third-order valence-electron chi connectivity index (χ3n) is 5.00. The normalized spacial score (nSPS) is 13.7. The SMILES string of the molecule is COc1ccccc1C(NC(=O)CSc1ccc2c(c1)CCC2)c1noc(C)n1. The number of fused-ring (bicyclic) bond motifs is 1. The van der Waals surface area contributed by atoms with E-state index in [0.717, 1.165) is 23.3 Å². The predicted molar refractivity (Wildman–Crippen MR) is 111 cm³/mol. The monoisotopic (exact) mass is 409 g/mol. The highest BCUT2D eigenvalue weighted by Crippen LogP contribution is 2.30. The Hall–Kier alpha value is -2.80. The number of hydrogen-bond donors (Lipinski definition) is 1. The molecule has 1 heterocycles. The third kappa shape index (κ3) is 4.45. The van der Waals surface area contributed by atoms with E-state index in [0.29, 0.717) is 23.2 Å². The van der Waals surface area contributed by atoms with E-state index in [1.807, 2.05) is 24.3 Å². The summed E-state index contributed by atoms with van der Waals surface area (Å²) in [5.74, 6) is 1.71. The fourth-order valence-corrected chi connectivity index (χ4v) is 4.38. The lowest BCUT2D eigenvalue weighted by atomic mass is 10.0. The zero-order valence-electron chi connectivity index (χ0n) is 16.5. The largest absolute Gasteiger partial charge is 0.496 e. The molecule has 1 N–H and O–H groups in total. The second kappa shape index (κ2) is 8.69. The third-order valence-corrected chi connectivity index (χ3v) is 5.99. The number of aryl methyl sites for hydroxylation is 3. The van der Waals surface area contributed by atoms with Crippen LogP contribution in [0.5, 0.6) is 5.75 Å². The lowest BCUT2D eigenvalue weighted by Crippen LogP contribution is -2.31. The van der Waals surface area contributed by atoms with Gasteiger partial charge in [-0.05, 0) is 48.6 Å². The molecule has 29 heavy (non-hydrogen) atoms. The molecule has 1 unspecified atom stereocenters. The van der Waals surface area contributed by atoms with Gasteiger partial charge in [0.15, 0.2) is 5.82 Å². The van der Waals surface area contributed by atoms with Crippen molar-refractivity contribution in [1.82, 2.24) is 15.5 Å². The smallest absolute Gasteiger partial charge is 0.231 e. The second-order valence-electron chi connectivity index (χ2n) is 6.99. The summed E-state index contributed by atoms with van der Waals surface area (Å²) in [7, 11) is 1.60. The lowest BCUT2D eigenvalue weighted by Gasteiger charge is -2.18. The Morgan fingerprint density at radius 1 is 1.24 bits per heavy atom. The molecule has 0 fully saturated rings. The van der Waals surface area contributed by atoms with Gasteiger partial charge < -0.3 is 14.6 Å². The Kier molecular flexibility index (Phi) is 5.85. The van der Waals surface area contributed by atoms with Crippen LogP contribution in [0.25, 0.3) is 0 Å². The van der Waals surface area contributed by atoms with Crippen LogP contribution < -0.4 is 10.1 Å². The Morgan fingerprint density at radius 3 is 2.86 bits per heavy atom. The topological polar surface area (TPSA) is 77.2 Å². The van der Waals surface area contributed by atoms with E-state index >= 15 is 0 Å². The number of aromatic nitrogens is 2. The average Bonchev–Trinajstić information content (AvgIpc) is 3.38. The summed E-state index contributed by atoms with van der Waals surface area (Å²) >= 11 is 1.53. The molecule has 1 atom stereocenters. The molecular weight excluding hydrogens is 386 g/mol. The van der Waals surface area contributed by atoms with Gasteiger partial charge in [0.25, 0.3) is 0 Å². The highest BCUT2D eigenvalue weighted by Gasteiger charge is 2.25. The van der Waals surface area contributed by atoms with E-state index in [1.54, 1.807) is 14.0 Å². The summed E-state index contributed by atoms with van der Waals surface area (Å²) in [6, 6.07) is 13.5. The van der Waals surface area contributed by atoms with Crippen LogP contribution in [0.3, 0.4) is 0 Å². The zero-order chi connectivity index (χ0) is 20.2. The van der Waals surface area contributed by atoms with Crippen molar-refractivity contribution in [2.45, 2.75) is 37.1 Å². The summed E-state index contributed by atoms with van der Waals surface area (Å²) in [6.07, 6.45) is 3.50. The summed E-state index contributed by atoms with van der Waals surface area (Å²) < 4.78 is 10.6. The summed E-state index contributed by atoms with van der Waals surface area (Å²) in [5, 5.41) is 7.05. The minimum Gasteiger partial charge on any atom is -0.496 e. The Labute approximate surface area is 174 Å². The molecule has 6 nitrogen and oxygen atoms in total. The minimum absolute atomic E-state index is 0.103. The molecule has 0 radical (unpaired) electrons. The molecular formula is C22H23N3O3S. The number of hydrogen-bond acceptors (Lipinski definition) is 6. The summed E-state index contributed by atoms with van der Waals surface area (Å²) in [5.41, 5.74) is 3.62. The van der Waals surface area contributed by atoms with Crippen LogP contribution >= 0.6 is 11.8 Å². The number of carbonyl (C=O) groups is 1. The number of para-hydroxylation sites is 1. The average molecular weight is 410 g/mol. The van der Waals surface area contributed by atoms with Gasteiger partial charge >= 0.3 is 0 Å². The first-order chi connectivity index (χ1) is 14.1. The van der Waals surface area contributed by atoms with Crippen LogP contribution in [0.15, 0.2) is 51.9 Å². The molecule has 1 aromatic heterocycles. The van der Waals surface area contributed by atoms with Crippen LogP contribution in [-0.2, 0) is 17.6 Å². The number of ether oxygens (including phenoxy) is 1. The molecule has 2 aromatic carbocycles. The van der Waals surface area contributed by atoms with E-state index < -0.39 is 6.04 Å². The zero-order valence-corrected chi connectivity index (χ0v) is 17.3. The van der Waals surface area contributed by atoms with Gasteiger partial charge in [0.05, 0.1) is 12.9 Å². The Bertz CT molecular complexity index is 1020. The van der Waals surface area contributed by atoms with Gasteiger partial charge in [-0.1, -0.05) is 29.4 Å². The van der Waals surface area contributed by atoms with Crippen molar-refractivity contribution in [2.24, 2.45) is 0 Å². The first-order valence-corrected chi connectivity index (χ1v) is 10.6. The Morgan fingerprint density at radius 2 is 2.07 bits per heavy atom. The maximum absolute atomic E-state index is 12.8. The van der Waals surface area contributed by atoms with E-state index in [2.05, 4.69) is 33.7 Å². The van der Waals surface area contributed by atoms with Crippen molar-refractivity contribution >= 4 is 17.7 Å². The van der Waals surface area contributed by atoms with Gasteiger partial charge in [-0.25, -0.2) is 0 Å². The van der Waals surface area contributed by atoms with Crippen molar-refractivity contribution in [3.8, 4) is 5.75 Å². The van der Waals surface area contributed by atoms with E-state index in [4.69, 9.17) is 9.26 Å². The molecule has 0 saturated carbocycles. The molecule has 0 bridgehead atoms. The van der Waals surface area contributed by atoms with Crippen LogP contribution in [0.1, 0.15) is 40.9 Å². The van der Waals surface area contributed by atoms with Gasteiger partial charge in [0.1, 0.15) is 11.8 Å². The van der Waals surface area contributed by atoms with Crippen molar-refractivity contribution in [3.05, 3.63) is 70.9 Å². The first kappa shape index (κ1) is 19.5. The Balaban J connectivity index is 1.49. The van der Waals surface area contributed by atoms with E-state index in [1.165, 1.54) is 29.3 Å². The van der Waals surface area contributed by atoms with Crippen LogP contribution in [0.2, 0.25) is 0 Å².